The van der Waals surface area contributed by atoms with Crippen LogP contribution in [0.5, 0.6) is 0 Å². The lowest BCUT2D eigenvalue weighted by Crippen LogP contribution is -2.54. The fourth-order valence-electron chi connectivity index (χ4n) is 2.75. The molecule has 0 radical (unpaired) electrons. The summed E-state index contributed by atoms with van der Waals surface area (Å²) in [7, 11) is 0. The predicted molar refractivity (Wildman–Crippen MR) is 97.2 cm³/mol. The number of aromatic amines is 1. The molecule has 0 saturated heterocycles. The molecule has 0 aliphatic heterocycles. The van der Waals surface area contributed by atoms with Gasteiger partial charge in [0.15, 0.2) is 5.82 Å². The molecule has 0 unspecified atom stereocenters. The molecule has 0 amide bonds. The normalized spacial score (nSPS) is 13.0. The van der Waals surface area contributed by atoms with E-state index in [0.717, 1.165) is 4.90 Å². The first-order chi connectivity index (χ1) is 13.5. The van der Waals surface area contributed by atoms with E-state index in [2.05, 4.69) is 9.97 Å². The first-order valence-corrected chi connectivity index (χ1v) is 9.37. The van der Waals surface area contributed by atoms with Gasteiger partial charge in [0.2, 0.25) is 0 Å². The Kier molecular flexibility index (Phi) is 5.44. The number of benzene rings is 2. The number of alkyl halides is 6. The molecular formula is C19H14F6N2OS. The molecule has 154 valence electrons. The first kappa shape index (κ1) is 21.3. The fourth-order valence-corrected chi connectivity index (χ4v) is 3.15. The van der Waals surface area contributed by atoms with E-state index in [0.29, 0.717) is 11.1 Å². The smallest absolute Gasteiger partial charge is 0.367 e. The Morgan fingerprint density at radius 2 is 1.38 bits per heavy atom. The highest BCUT2D eigenvalue weighted by atomic mass is 32.2. The van der Waals surface area contributed by atoms with E-state index in [1.54, 1.807) is 42.5 Å². The van der Waals surface area contributed by atoms with E-state index in [9.17, 15) is 31.4 Å². The van der Waals surface area contributed by atoms with Crippen molar-refractivity contribution in [1.29, 1.82) is 0 Å². The third-order valence-electron chi connectivity index (χ3n) is 4.29. The molecule has 29 heavy (non-hydrogen) atoms. The lowest BCUT2D eigenvalue weighted by Gasteiger charge is -2.30. The van der Waals surface area contributed by atoms with Crippen LogP contribution in [0.3, 0.4) is 0 Å². The minimum absolute atomic E-state index is 0.0641. The number of thioether (sulfide) groups is 1. The molecule has 3 nitrogen and oxygen atoms in total. The van der Waals surface area contributed by atoms with Crippen LogP contribution in [-0.4, -0.2) is 33.7 Å². The molecule has 1 aromatic heterocycles. The summed E-state index contributed by atoms with van der Waals surface area (Å²) in [4.78, 5) is 6.49. The maximum Gasteiger partial charge on any atom is 0.433 e. The van der Waals surface area contributed by atoms with E-state index in [-0.39, 0.29) is 11.4 Å². The number of nitrogens with one attached hydrogen (secondary N) is 1. The average Bonchev–Trinajstić information content (AvgIpc) is 3.12. The largest absolute Gasteiger partial charge is 0.433 e. The Bertz CT molecular complexity index is 967. The van der Waals surface area contributed by atoms with E-state index in [1.165, 1.54) is 23.9 Å². The van der Waals surface area contributed by atoms with Crippen molar-refractivity contribution >= 4 is 11.8 Å². The molecule has 3 rings (SSSR count). The summed E-state index contributed by atoms with van der Waals surface area (Å²) in [5.74, 6) is -1.64. The lowest BCUT2D eigenvalue weighted by atomic mass is 10.0. The summed E-state index contributed by atoms with van der Waals surface area (Å²) in [6.07, 6.45) is -10.2. The van der Waals surface area contributed by atoms with Crippen LogP contribution < -0.4 is 0 Å². The molecular weight excluding hydrogens is 418 g/mol. The summed E-state index contributed by atoms with van der Waals surface area (Å²) < 4.78 is 79.8. The van der Waals surface area contributed by atoms with E-state index in [4.69, 9.17) is 0 Å². The van der Waals surface area contributed by atoms with Crippen LogP contribution in [-0.2, 0) is 5.60 Å². The second-order valence-corrected chi connectivity index (χ2v) is 6.99. The summed E-state index contributed by atoms with van der Waals surface area (Å²) in [5, 5.41) is 9.72. The van der Waals surface area contributed by atoms with Crippen molar-refractivity contribution in [1.82, 2.24) is 9.97 Å². The minimum Gasteiger partial charge on any atom is -0.367 e. The van der Waals surface area contributed by atoms with E-state index >= 15 is 0 Å². The van der Waals surface area contributed by atoms with Crippen LogP contribution in [0, 0.1) is 0 Å². The second-order valence-electron chi connectivity index (χ2n) is 6.11. The summed E-state index contributed by atoms with van der Waals surface area (Å²) in [6.45, 7) is 0. The Morgan fingerprint density at radius 1 is 0.828 bits per heavy atom. The highest BCUT2D eigenvalue weighted by Gasteiger charge is 2.73. The van der Waals surface area contributed by atoms with Crippen LogP contribution in [0.4, 0.5) is 26.3 Å². The highest BCUT2D eigenvalue weighted by molar-refractivity contribution is 7.98. The SMILES string of the molecule is CSc1ccc(-c2[nH]c(C(O)(C(F)(F)F)C(F)(F)F)nc2-c2ccccc2)cc1. The molecule has 0 saturated carbocycles. The number of nitrogens with zero attached hydrogens (tertiary/aromatic N) is 1. The number of imidazole rings is 1. The van der Waals surface area contributed by atoms with Gasteiger partial charge >= 0.3 is 18.0 Å². The molecule has 0 fully saturated rings. The van der Waals surface area contributed by atoms with Gasteiger partial charge in [-0.3, -0.25) is 0 Å². The summed E-state index contributed by atoms with van der Waals surface area (Å²) in [5.41, 5.74) is -4.71. The van der Waals surface area contributed by atoms with Crippen molar-refractivity contribution in [3.05, 3.63) is 60.4 Å². The third kappa shape index (κ3) is 3.74. The van der Waals surface area contributed by atoms with Crippen molar-refractivity contribution in [2.24, 2.45) is 0 Å². The van der Waals surface area contributed by atoms with Crippen LogP contribution in [0.2, 0.25) is 0 Å². The van der Waals surface area contributed by atoms with Gasteiger partial charge in [-0.2, -0.15) is 26.3 Å². The van der Waals surface area contributed by atoms with Crippen molar-refractivity contribution in [3.8, 4) is 22.5 Å². The van der Waals surface area contributed by atoms with Crippen LogP contribution in [0.15, 0.2) is 59.5 Å². The first-order valence-electron chi connectivity index (χ1n) is 8.15. The zero-order chi connectivity index (χ0) is 21.4. The number of aliphatic hydroxyl groups is 1. The van der Waals surface area contributed by atoms with Gasteiger partial charge in [-0.15, -0.1) is 11.8 Å². The molecule has 0 bridgehead atoms. The van der Waals surface area contributed by atoms with Crippen molar-refractivity contribution in [2.45, 2.75) is 22.8 Å². The van der Waals surface area contributed by atoms with Crippen LogP contribution in [0.25, 0.3) is 22.5 Å². The zero-order valence-electron chi connectivity index (χ0n) is 14.8. The van der Waals surface area contributed by atoms with Gasteiger partial charge in [0, 0.05) is 16.0 Å². The third-order valence-corrected chi connectivity index (χ3v) is 5.04. The Morgan fingerprint density at radius 3 is 1.86 bits per heavy atom. The molecule has 0 spiro atoms. The van der Waals surface area contributed by atoms with Crippen LogP contribution in [0.1, 0.15) is 5.82 Å². The van der Waals surface area contributed by atoms with Gasteiger partial charge < -0.3 is 10.1 Å². The molecule has 2 aromatic carbocycles. The van der Waals surface area contributed by atoms with E-state index < -0.39 is 23.8 Å². The topological polar surface area (TPSA) is 48.9 Å². The van der Waals surface area contributed by atoms with Gasteiger partial charge in [0.25, 0.3) is 0 Å². The standard InChI is InChI=1S/C19H14F6N2OS/c1-29-13-9-7-12(8-10-13)15-14(11-5-3-2-4-6-11)26-16(27-15)17(28,18(20,21)22)19(23,24)25/h2-10,28H,1H3,(H,26,27). The fraction of sp³-hybridized carbons (Fsp3) is 0.211. The average molecular weight is 432 g/mol. The number of H-pyrrole nitrogens is 1. The van der Waals surface area contributed by atoms with Crippen LogP contribution >= 0.6 is 11.8 Å². The monoisotopic (exact) mass is 432 g/mol. The molecule has 3 aromatic rings. The molecule has 10 heteroatoms. The predicted octanol–water partition coefficient (Wildman–Crippen LogP) is 5.78. The number of aromatic nitrogens is 2. The van der Waals surface area contributed by atoms with Gasteiger partial charge in [0.05, 0.1) is 11.4 Å². The van der Waals surface area contributed by atoms with Gasteiger partial charge in [0.1, 0.15) is 0 Å². The van der Waals surface area contributed by atoms with Gasteiger partial charge in [-0.25, -0.2) is 4.98 Å². The van der Waals surface area contributed by atoms with Gasteiger partial charge in [-0.05, 0) is 18.4 Å². The summed E-state index contributed by atoms with van der Waals surface area (Å²) in [6, 6.07) is 14.2. The highest BCUT2D eigenvalue weighted by Crippen LogP contribution is 2.50. The number of rotatable bonds is 4. The Balaban J connectivity index is 2.27. The van der Waals surface area contributed by atoms with Crippen molar-refractivity contribution in [3.63, 3.8) is 0 Å². The number of hydrogen-bond acceptors (Lipinski definition) is 3. The maximum absolute atomic E-state index is 13.3. The van der Waals surface area contributed by atoms with Crippen molar-refractivity contribution < 1.29 is 31.4 Å². The molecule has 1 heterocycles. The Hall–Kier alpha value is -2.46. The number of halogens is 6. The van der Waals surface area contributed by atoms with Crippen molar-refractivity contribution in [2.75, 3.05) is 6.26 Å². The summed E-state index contributed by atoms with van der Waals surface area (Å²) >= 11 is 1.43. The lowest BCUT2D eigenvalue weighted by molar-refractivity contribution is -0.378. The Labute approximate surface area is 165 Å². The molecule has 0 aliphatic rings. The van der Waals surface area contributed by atoms with E-state index in [1.807, 2.05) is 6.26 Å². The second kappa shape index (κ2) is 7.42. The molecule has 0 aliphatic carbocycles. The van der Waals surface area contributed by atoms with Gasteiger partial charge in [-0.1, -0.05) is 42.5 Å². The minimum atomic E-state index is -6.03. The quantitative estimate of drug-likeness (QED) is 0.406. The molecule has 0 atom stereocenters. The maximum atomic E-state index is 13.3. The zero-order valence-corrected chi connectivity index (χ0v) is 15.6. The molecule has 2 N–H and O–H groups in total. The number of hydrogen-bond donors (Lipinski definition) is 2.